The Morgan fingerprint density at radius 2 is 1.90 bits per heavy atom. The highest BCUT2D eigenvalue weighted by atomic mass is 32.2. The van der Waals surface area contributed by atoms with E-state index in [4.69, 9.17) is 5.73 Å². The summed E-state index contributed by atoms with van der Waals surface area (Å²) >= 11 is 0. The van der Waals surface area contributed by atoms with E-state index in [1.807, 2.05) is 6.92 Å². The van der Waals surface area contributed by atoms with E-state index in [1.54, 1.807) is 36.4 Å². The zero-order valence-electron chi connectivity index (χ0n) is 22.2. The van der Waals surface area contributed by atoms with Gasteiger partial charge in [0, 0.05) is 18.2 Å². The normalized spacial score (nSPS) is 13.9. The van der Waals surface area contributed by atoms with Gasteiger partial charge in [-0.05, 0) is 66.6 Å². The summed E-state index contributed by atoms with van der Waals surface area (Å²) < 4.78 is 29.0. The first-order valence-corrected chi connectivity index (χ1v) is 14.6. The van der Waals surface area contributed by atoms with Gasteiger partial charge in [-0.1, -0.05) is 37.3 Å². The molecule has 3 N–H and O–H groups in total. The van der Waals surface area contributed by atoms with Crippen molar-refractivity contribution in [3.05, 3.63) is 99.9 Å². The summed E-state index contributed by atoms with van der Waals surface area (Å²) in [6.45, 7) is 1.87. The molecule has 0 saturated heterocycles. The predicted octanol–water partition coefficient (Wildman–Crippen LogP) is 3.77. The first-order valence-electron chi connectivity index (χ1n) is 13.1. The molecule has 0 radical (unpaired) electrons. The molecule has 0 unspecified atom stereocenters. The average molecular weight is 570 g/mol. The van der Waals surface area contributed by atoms with Crippen molar-refractivity contribution < 1.29 is 18.3 Å². The minimum Gasteiger partial charge on any atom is -0.493 e. The number of aromatic nitrogens is 3. The number of sulfone groups is 1. The van der Waals surface area contributed by atoms with E-state index in [-0.39, 0.29) is 10.6 Å². The maximum Gasteiger partial charge on any atom is 0.296 e. The Balaban J connectivity index is 1.64. The van der Waals surface area contributed by atoms with Crippen LogP contribution in [0.3, 0.4) is 0 Å². The van der Waals surface area contributed by atoms with Crippen molar-refractivity contribution in [1.82, 2.24) is 14.5 Å². The van der Waals surface area contributed by atoms with Gasteiger partial charge in [0.05, 0.1) is 22.6 Å². The number of pyridine rings is 1. The van der Waals surface area contributed by atoms with Gasteiger partial charge in [-0.3, -0.25) is 19.1 Å². The molecule has 0 bridgehead atoms. The number of nitrogens with zero attached hydrogens (tertiary/aromatic N) is 4. The van der Waals surface area contributed by atoms with Crippen LogP contribution in [-0.2, 0) is 16.3 Å². The monoisotopic (exact) mass is 569 g/mol. The summed E-state index contributed by atoms with van der Waals surface area (Å²) in [5.74, 6) is -0.828. The molecule has 2 aromatic heterocycles. The lowest BCUT2D eigenvalue weighted by Gasteiger charge is -2.25. The van der Waals surface area contributed by atoms with Crippen LogP contribution in [0.25, 0.3) is 11.1 Å². The van der Waals surface area contributed by atoms with Gasteiger partial charge in [0.1, 0.15) is 11.5 Å². The van der Waals surface area contributed by atoms with Crippen LogP contribution in [-0.4, -0.2) is 34.0 Å². The van der Waals surface area contributed by atoms with Crippen molar-refractivity contribution in [1.29, 1.82) is 5.26 Å². The van der Waals surface area contributed by atoms with Crippen LogP contribution in [0.15, 0.2) is 81.4 Å². The molecule has 11 heteroatoms. The number of aromatic hydroxyl groups is 1. The summed E-state index contributed by atoms with van der Waals surface area (Å²) in [5.41, 5.74) is 6.43. The minimum absolute atomic E-state index is 0.0326. The highest BCUT2D eigenvalue weighted by Crippen LogP contribution is 2.37. The SMILES string of the molecule is CC[C@@H](c1cccc(C#N)c1)n1c(CC2CC2)nc(=O)c(S(=O)(=O)c2ccc(-c3cccnc3C(N)=O)cc2)c1O. The van der Waals surface area contributed by atoms with Gasteiger partial charge in [-0.15, -0.1) is 0 Å². The molecule has 1 fully saturated rings. The number of nitriles is 1. The van der Waals surface area contributed by atoms with Gasteiger partial charge in [0.25, 0.3) is 11.5 Å². The molecule has 5 rings (SSSR count). The van der Waals surface area contributed by atoms with E-state index in [0.29, 0.717) is 46.8 Å². The minimum atomic E-state index is -4.52. The number of hydrogen-bond donors (Lipinski definition) is 2. The first-order chi connectivity index (χ1) is 19.6. The Kier molecular flexibility index (Phi) is 7.43. The van der Waals surface area contributed by atoms with Crippen LogP contribution >= 0.6 is 0 Å². The smallest absolute Gasteiger partial charge is 0.296 e. The van der Waals surface area contributed by atoms with Gasteiger partial charge in [0.15, 0.2) is 4.90 Å². The van der Waals surface area contributed by atoms with Crippen LogP contribution in [0, 0.1) is 17.2 Å². The molecule has 4 aromatic rings. The van der Waals surface area contributed by atoms with Crippen LogP contribution in [0.1, 0.15) is 59.7 Å². The van der Waals surface area contributed by atoms with Crippen molar-refractivity contribution in [2.75, 3.05) is 0 Å². The number of primary amides is 1. The molecule has 1 amide bonds. The van der Waals surface area contributed by atoms with Crippen LogP contribution in [0.2, 0.25) is 0 Å². The molecule has 2 aromatic carbocycles. The molecule has 1 aliphatic rings. The molecular weight excluding hydrogens is 542 g/mol. The summed E-state index contributed by atoms with van der Waals surface area (Å²) in [6, 6.07) is 17.2. The molecule has 2 heterocycles. The van der Waals surface area contributed by atoms with Gasteiger partial charge >= 0.3 is 0 Å². The van der Waals surface area contributed by atoms with Crippen molar-refractivity contribution in [2.24, 2.45) is 11.7 Å². The maximum atomic E-state index is 13.8. The second kappa shape index (κ2) is 11.0. The Bertz CT molecular complexity index is 1860. The van der Waals surface area contributed by atoms with Crippen LogP contribution < -0.4 is 11.3 Å². The van der Waals surface area contributed by atoms with E-state index in [2.05, 4.69) is 16.0 Å². The summed E-state index contributed by atoms with van der Waals surface area (Å²) in [6.07, 6.45) is 4.19. The summed E-state index contributed by atoms with van der Waals surface area (Å²) in [7, 11) is -4.52. The number of benzene rings is 2. The third-order valence-corrected chi connectivity index (χ3v) is 8.97. The topological polar surface area (TPSA) is 169 Å². The number of nitrogens with two attached hydrogens (primary N) is 1. The average Bonchev–Trinajstić information content (AvgIpc) is 3.79. The van der Waals surface area contributed by atoms with Gasteiger partial charge in [0.2, 0.25) is 15.7 Å². The second-order valence-corrected chi connectivity index (χ2v) is 11.8. The number of carbonyl (C=O) groups excluding carboxylic acids is 1. The second-order valence-electron chi connectivity index (χ2n) is 9.96. The van der Waals surface area contributed by atoms with E-state index in [0.717, 1.165) is 12.8 Å². The Hall–Kier alpha value is -4.82. The summed E-state index contributed by atoms with van der Waals surface area (Å²) in [5, 5.41) is 20.9. The fourth-order valence-corrected chi connectivity index (χ4v) is 6.33. The van der Waals surface area contributed by atoms with Gasteiger partial charge in [-0.25, -0.2) is 8.42 Å². The number of carbonyl (C=O) groups is 1. The quantitative estimate of drug-likeness (QED) is 0.307. The third-order valence-electron chi connectivity index (χ3n) is 7.19. The largest absolute Gasteiger partial charge is 0.493 e. The molecule has 208 valence electrons. The van der Waals surface area contributed by atoms with Gasteiger partial charge in [-0.2, -0.15) is 10.2 Å². The van der Waals surface area contributed by atoms with Crippen molar-refractivity contribution in [3.8, 4) is 23.1 Å². The fourth-order valence-electron chi connectivity index (χ4n) is 4.98. The zero-order chi connectivity index (χ0) is 29.3. The lowest BCUT2D eigenvalue weighted by molar-refractivity contribution is 0.0996. The van der Waals surface area contributed by atoms with E-state index in [9.17, 15) is 28.4 Å². The molecule has 1 aliphatic carbocycles. The highest BCUT2D eigenvalue weighted by Gasteiger charge is 2.34. The molecule has 0 aliphatic heterocycles. The van der Waals surface area contributed by atoms with E-state index in [1.165, 1.54) is 35.0 Å². The predicted molar refractivity (Wildman–Crippen MR) is 150 cm³/mol. The van der Waals surface area contributed by atoms with Crippen molar-refractivity contribution >= 4 is 15.7 Å². The molecule has 1 saturated carbocycles. The Labute approximate surface area is 236 Å². The number of hydrogen-bond acceptors (Lipinski definition) is 8. The first kappa shape index (κ1) is 27.7. The fraction of sp³-hybridized carbons (Fsp3) is 0.233. The molecule has 0 spiro atoms. The van der Waals surface area contributed by atoms with E-state index >= 15 is 0 Å². The van der Waals surface area contributed by atoms with Gasteiger partial charge < -0.3 is 10.8 Å². The molecule has 41 heavy (non-hydrogen) atoms. The van der Waals surface area contributed by atoms with Crippen molar-refractivity contribution in [2.45, 2.75) is 48.4 Å². The maximum absolute atomic E-state index is 13.8. The molecular formula is C30H27N5O5S. The van der Waals surface area contributed by atoms with Crippen LogP contribution in [0.5, 0.6) is 5.88 Å². The highest BCUT2D eigenvalue weighted by molar-refractivity contribution is 7.91. The Morgan fingerprint density at radius 1 is 1.17 bits per heavy atom. The van der Waals surface area contributed by atoms with Crippen molar-refractivity contribution in [3.63, 3.8) is 0 Å². The lowest BCUT2D eigenvalue weighted by Crippen LogP contribution is -2.27. The third kappa shape index (κ3) is 5.34. The van der Waals surface area contributed by atoms with E-state index < -0.39 is 38.1 Å². The van der Waals surface area contributed by atoms with Crippen LogP contribution in [0.4, 0.5) is 0 Å². The zero-order valence-corrected chi connectivity index (χ0v) is 23.0. The number of amides is 1. The standard InChI is InChI=1S/C30H27N5O5S/c1-2-24(21-6-3-5-19(15-21)17-31)35-25(16-18-8-9-18)34-29(37)27(30(35)38)41(39,40)22-12-10-20(11-13-22)23-7-4-14-33-26(23)28(32)36/h3-7,10-15,18,24,38H,2,8-9,16H2,1H3,(H2,32,36)/t24-/m0/s1. The Morgan fingerprint density at radius 3 is 2.54 bits per heavy atom. The number of rotatable bonds is 9. The lowest BCUT2D eigenvalue weighted by atomic mass is 10.0. The molecule has 1 atom stereocenters. The molecule has 10 nitrogen and oxygen atoms in total. The summed E-state index contributed by atoms with van der Waals surface area (Å²) in [4.78, 5) is 32.2.